The van der Waals surface area contributed by atoms with Gasteiger partial charge in [0.05, 0.1) is 30.0 Å². The van der Waals surface area contributed by atoms with E-state index in [1.54, 1.807) is 12.3 Å². The van der Waals surface area contributed by atoms with E-state index in [1.807, 2.05) is 24.3 Å². The molecule has 26 heavy (non-hydrogen) atoms. The fraction of sp³-hybridized carbons (Fsp3) is 0.353. The van der Waals surface area contributed by atoms with E-state index in [1.165, 1.54) is 0 Å². The van der Waals surface area contributed by atoms with E-state index < -0.39 is 17.5 Å². The molecule has 0 fully saturated rings. The first kappa shape index (κ1) is 19.7. The molecule has 1 atom stereocenters. The van der Waals surface area contributed by atoms with Gasteiger partial charge in [0.1, 0.15) is 0 Å². The minimum absolute atomic E-state index is 0.111. The fourth-order valence-electron chi connectivity index (χ4n) is 2.42. The molecule has 2 rings (SSSR count). The average Bonchev–Trinajstić information content (AvgIpc) is 2.65. The minimum atomic E-state index is -0.907. The summed E-state index contributed by atoms with van der Waals surface area (Å²) >= 11 is 0. The molecule has 0 saturated heterocycles. The molecule has 0 saturated carbocycles. The highest BCUT2D eigenvalue weighted by molar-refractivity contribution is 5.96. The molecule has 0 aliphatic carbocycles. The molecule has 1 aromatic heterocycles. The Morgan fingerprint density at radius 2 is 1.88 bits per heavy atom. The van der Waals surface area contributed by atoms with Crippen LogP contribution in [0.3, 0.4) is 0 Å². The Hall–Kier alpha value is -2.59. The molecule has 0 spiro atoms. The smallest absolute Gasteiger partial charge is 0.243 e. The first-order chi connectivity index (χ1) is 12.4. The number of rotatable bonds is 8. The fourth-order valence-corrected chi connectivity index (χ4v) is 2.42. The van der Waals surface area contributed by atoms with Crippen LogP contribution in [0.5, 0.6) is 0 Å². The Morgan fingerprint density at radius 1 is 1.19 bits per heavy atom. The number of amides is 2. The maximum absolute atomic E-state index is 12.0. The van der Waals surface area contributed by atoms with Crippen LogP contribution >= 0.6 is 0 Å². The maximum atomic E-state index is 12.0. The number of carbonyl (C=O) groups is 2. The predicted octanol–water partition coefficient (Wildman–Crippen LogP) is -1.38. The number of nitrogens with one attached hydrogen (secondary N) is 2. The molecule has 2 amide bonds. The molecule has 1 unspecified atom stereocenters. The summed E-state index contributed by atoms with van der Waals surface area (Å²) in [5.41, 5.74) is 23.3. The van der Waals surface area contributed by atoms with Gasteiger partial charge < -0.3 is 33.6 Å². The third kappa shape index (κ3) is 5.20. The van der Waals surface area contributed by atoms with Crippen molar-refractivity contribution in [3.63, 3.8) is 0 Å². The van der Waals surface area contributed by atoms with Crippen LogP contribution in [0.15, 0.2) is 36.5 Å². The van der Waals surface area contributed by atoms with Crippen molar-refractivity contribution >= 4 is 28.4 Å². The largest absolute Gasteiger partial charge is 0.346 e. The number of para-hydroxylation sites is 1. The lowest BCUT2D eigenvalue weighted by atomic mass is 9.92. The number of nitrogens with zero attached hydrogens (tertiary/aromatic N) is 1. The topological polar surface area (TPSA) is 175 Å². The van der Waals surface area contributed by atoms with Gasteiger partial charge in [-0.1, -0.05) is 18.2 Å². The molecular weight excluding hydrogens is 334 g/mol. The number of pyridine rings is 1. The van der Waals surface area contributed by atoms with Gasteiger partial charge in [0.2, 0.25) is 11.8 Å². The van der Waals surface area contributed by atoms with Crippen molar-refractivity contribution in [3.8, 4) is 0 Å². The van der Waals surface area contributed by atoms with E-state index in [0.29, 0.717) is 5.69 Å². The molecule has 0 aliphatic heterocycles. The summed E-state index contributed by atoms with van der Waals surface area (Å²) in [5, 5.41) is 6.06. The van der Waals surface area contributed by atoms with Gasteiger partial charge in [-0.2, -0.15) is 0 Å². The number of fused-ring (bicyclic) bond motifs is 1. The average molecular weight is 359 g/mol. The zero-order chi connectivity index (χ0) is 19.2. The molecule has 2 aromatic rings. The summed E-state index contributed by atoms with van der Waals surface area (Å²) in [6.45, 7) is 0.00202. The normalized spacial score (nSPS) is 12.6. The van der Waals surface area contributed by atoms with Gasteiger partial charge in [-0.05, 0) is 18.6 Å². The SMILES string of the molecule is NCC(N)(CN)CC(N)C(=O)NCC(=O)Nc1cnc2ccccc2c1. The Morgan fingerprint density at radius 3 is 2.58 bits per heavy atom. The molecule has 1 heterocycles. The molecule has 0 aliphatic rings. The Bertz CT molecular complexity index is 777. The third-order valence-electron chi connectivity index (χ3n) is 4.07. The van der Waals surface area contributed by atoms with Crippen LogP contribution in [0.1, 0.15) is 6.42 Å². The van der Waals surface area contributed by atoms with E-state index >= 15 is 0 Å². The molecule has 9 heteroatoms. The number of aromatic nitrogens is 1. The van der Waals surface area contributed by atoms with E-state index in [-0.39, 0.29) is 32.0 Å². The number of benzene rings is 1. The second-order valence-electron chi connectivity index (χ2n) is 6.26. The molecular formula is C17H25N7O2. The maximum Gasteiger partial charge on any atom is 0.243 e. The number of hydrogen-bond donors (Lipinski definition) is 6. The first-order valence-electron chi connectivity index (χ1n) is 8.24. The van der Waals surface area contributed by atoms with E-state index in [4.69, 9.17) is 22.9 Å². The van der Waals surface area contributed by atoms with Gasteiger partial charge in [0, 0.05) is 24.0 Å². The summed E-state index contributed by atoms with van der Waals surface area (Å²) in [4.78, 5) is 28.3. The third-order valence-corrected chi connectivity index (χ3v) is 4.07. The lowest BCUT2D eigenvalue weighted by molar-refractivity contribution is -0.125. The Labute approximate surface area is 151 Å². The molecule has 0 bridgehead atoms. The van der Waals surface area contributed by atoms with Crippen molar-refractivity contribution in [1.82, 2.24) is 10.3 Å². The van der Waals surface area contributed by atoms with Crippen LogP contribution in [-0.2, 0) is 9.59 Å². The Kier molecular flexibility index (Phi) is 6.58. The van der Waals surface area contributed by atoms with Crippen LogP contribution in [0.4, 0.5) is 5.69 Å². The highest BCUT2D eigenvalue weighted by Crippen LogP contribution is 2.15. The summed E-state index contributed by atoms with van der Waals surface area (Å²) in [5.74, 6) is -0.882. The standard InChI is InChI=1S/C17H25N7O2/c18-9-17(21,10-19)6-13(20)16(26)23-8-15(25)24-12-5-11-3-1-2-4-14(11)22-7-12/h1-5,7,13H,6,8-10,18-21H2,(H,23,26)(H,24,25). The van der Waals surface area contributed by atoms with Crippen molar-refractivity contribution in [2.45, 2.75) is 18.0 Å². The number of hydrogen-bond acceptors (Lipinski definition) is 7. The van der Waals surface area contributed by atoms with Gasteiger partial charge in [0.25, 0.3) is 0 Å². The summed E-state index contributed by atoms with van der Waals surface area (Å²) in [7, 11) is 0. The number of anilines is 1. The highest BCUT2D eigenvalue weighted by Gasteiger charge is 2.28. The number of nitrogens with two attached hydrogens (primary N) is 4. The zero-order valence-electron chi connectivity index (χ0n) is 14.4. The van der Waals surface area contributed by atoms with Gasteiger partial charge in [0.15, 0.2) is 0 Å². The van der Waals surface area contributed by atoms with Gasteiger partial charge in [-0.25, -0.2) is 0 Å². The van der Waals surface area contributed by atoms with Crippen LogP contribution in [0, 0.1) is 0 Å². The Balaban J connectivity index is 1.86. The number of carbonyl (C=O) groups excluding carboxylic acids is 2. The van der Waals surface area contributed by atoms with Crippen LogP contribution < -0.4 is 33.6 Å². The highest BCUT2D eigenvalue weighted by atomic mass is 16.2. The van der Waals surface area contributed by atoms with Gasteiger partial charge in [-0.15, -0.1) is 0 Å². The van der Waals surface area contributed by atoms with Crippen molar-refractivity contribution in [2.75, 3.05) is 25.0 Å². The quantitative estimate of drug-likeness (QED) is 0.336. The lowest BCUT2D eigenvalue weighted by Gasteiger charge is -2.28. The molecule has 10 N–H and O–H groups in total. The molecule has 1 aromatic carbocycles. The summed E-state index contributed by atoms with van der Waals surface area (Å²) in [6.07, 6.45) is 1.68. The van der Waals surface area contributed by atoms with Crippen molar-refractivity contribution in [1.29, 1.82) is 0 Å². The minimum Gasteiger partial charge on any atom is -0.346 e. The van der Waals surface area contributed by atoms with Crippen molar-refractivity contribution in [3.05, 3.63) is 36.5 Å². The monoisotopic (exact) mass is 359 g/mol. The summed E-state index contributed by atoms with van der Waals surface area (Å²) in [6, 6.07) is 8.45. The van der Waals surface area contributed by atoms with Crippen LogP contribution in [0.25, 0.3) is 10.9 Å². The second-order valence-corrected chi connectivity index (χ2v) is 6.26. The summed E-state index contributed by atoms with van der Waals surface area (Å²) < 4.78 is 0. The van der Waals surface area contributed by atoms with Crippen LogP contribution in [-0.4, -0.2) is 48.0 Å². The second kappa shape index (κ2) is 8.68. The molecule has 140 valence electrons. The predicted molar refractivity (Wildman–Crippen MR) is 101 cm³/mol. The van der Waals surface area contributed by atoms with Crippen molar-refractivity contribution in [2.24, 2.45) is 22.9 Å². The zero-order valence-corrected chi connectivity index (χ0v) is 14.4. The van der Waals surface area contributed by atoms with E-state index in [9.17, 15) is 9.59 Å². The van der Waals surface area contributed by atoms with E-state index in [0.717, 1.165) is 10.9 Å². The van der Waals surface area contributed by atoms with E-state index in [2.05, 4.69) is 15.6 Å². The van der Waals surface area contributed by atoms with Gasteiger partial charge in [-0.3, -0.25) is 14.6 Å². The van der Waals surface area contributed by atoms with Crippen LogP contribution in [0.2, 0.25) is 0 Å². The lowest BCUT2D eigenvalue weighted by Crippen LogP contribution is -2.58. The molecule has 9 nitrogen and oxygen atoms in total. The first-order valence-corrected chi connectivity index (χ1v) is 8.24. The van der Waals surface area contributed by atoms with Gasteiger partial charge >= 0.3 is 0 Å². The molecule has 0 radical (unpaired) electrons. The van der Waals surface area contributed by atoms with Crippen molar-refractivity contribution < 1.29 is 9.59 Å².